The van der Waals surface area contributed by atoms with Crippen LogP contribution in [-0.4, -0.2) is 30.5 Å². The van der Waals surface area contributed by atoms with Crippen molar-refractivity contribution in [1.29, 1.82) is 0 Å². The summed E-state index contributed by atoms with van der Waals surface area (Å²) in [5.74, 6) is -1.64. The largest absolute Gasteiger partial charge is 0.356 e. The number of hydrogen-bond acceptors (Lipinski definition) is 3. The molecule has 0 atom stereocenters. The molecule has 0 radical (unpaired) electrons. The fourth-order valence-corrected chi connectivity index (χ4v) is 2.57. The average molecular weight is 253 g/mol. The van der Waals surface area contributed by atoms with Crippen molar-refractivity contribution in [2.45, 2.75) is 31.7 Å². The summed E-state index contributed by atoms with van der Waals surface area (Å²) in [5.41, 5.74) is 2.34. The molecular formula is C13H17F2N3. The van der Waals surface area contributed by atoms with Crippen LogP contribution in [0, 0.1) is 0 Å². The van der Waals surface area contributed by atoms with Crippen LogP contribution in [-0.2, 0) is 13.0 Å². The Hall–Kier alpha value is -1.23. The number of hydrogen-bond donors (Lipinski definition) is 1. The minimum atomic E-state index is -2.49. The molecule has 0 aliphatic carbocycles. The number of anilines is 1. The lowest BCUT2D eigenvalue weighted by Crippen LogP contribution is -2.40. The van der Waals surface area contributed by atoms with Gasteiger partial charge >= 0.3 is 0 Å². The van der Waals surface area contributed by atoms with Crippen molar-refractivity contribution in [3.05, 3.63) is 23.4 Å². The first-order valence-corrected chi connectivity index (χ1v) is 6.46. The second-order valence-corrected chi connectivity index (χ2v) is 5.05. The van der Waals surface area contributed by atoms with E-state index in [9.17, 15) is 8.78 Å². The van der Waals surface area contributed by atoms with E-state index in [1.54, 1.807) is 0 Å². The molecule has 3 heterocycles. The van der Waals surface area contributed by atoms with Gasteiger partial charge in [-0.1, -0.05) is 6.07 Å². The molecule has 5 heteroatoms. The van der Waals surface area contributed by atoms with Crippen LogP contribution in [0.2, 0.25) is 0 Å². The van der Waals surface area contributed by atoms with E-state index in [1.807, 2.05) is 11.0 Å². The number of piperidine rings is 1. The number of halogens is 2. The van der Waals surface area contributed by atoms with E-state index in [2.05, 4.69) is 16.4 Å². The first-order chi connectivity index (χ1) is 8.64. The molecule has 3 rings (SSSR count). The topological polar surface area (TPSA) is 28.2 Å². The van der Waals surface area contributed by atoms with Gasteiger partial charge in [-0.3, -0.25) is 0 Å². The van der Waals surface area contributed by atoms with Gasteiger partial charge in [0.15, 0.2) is 0 Å². The van der Waals surface area contributed by atoms with E-state index < -0.39 is 5.92 Å². The molecule has 1 N–H and O–H groups in total. The average Bonchev–Trinajstić information content (AvgIpc) is 2.38. The summed E-state index contributed by atoms with van der Waals surface area (Å²) in [4.78, 5) is 6.60. The Morgan fingerprint density at radius 2 is 2.00 bits per heavy atom. The lowest BCUT2D eigenvalue weighted by molar-refractivity contribution is -0.0221. The molecular weight excluding hydrogens is 236 g/mol. The number of fused-ring (bicyclic) bond motifs is 1. The third kappa shape index (κ3) is 2.32. The lowest BCUT2D eigenvalue weighted by Gasteiger charge is -2.33. The highest BCUT2D eigenvalue weighted by Gasteiger charge is 2.34. The molecule has 1 saturated heterocycles. The third-order valence-corrected chi connectivity index (χ3v) is 3.73. The summed E-state index contributed by atoms with van der Waals surface area (Å²) < 4.78 is 26.2. The smallest absolute Gasteiger partial charge is 0.251 e. The molecule has 0 spiro atoms. The van der Waals surface area contributed by atoms with E-state index in [0.29, 0.717) is 13.1 Å². The highest BCUT2D eigenvalue weighted by Crippen LogP contribution is 2.30. The van der Waals surface area contributed by atoms with Crippen molar-refractivity contribution in [2.24, 2.45) is 0 Å². The van der Waals surface area contributed by atoms with Gasteiger partial charge in [0.2, 0.25) is 0 Å². The molecule has 1 fully saturated rings. The van der Waals surface area contributed by atoms with Gasteiger partial charge in [0, 0.05) is 51.1 Å². The Labute approximate surface area is 105 Å². The van der Waals surface area contributed by atoms with Crippen LogP contribution in [0.4, 0.5) is 14.6 Å². The normalized spacial score (nSPS) is 22.7. The minimum Gasteiger partial charge on any atom is -0.356 e. The second-order valence-electron chi connectivity index (χ2n) is 5.05. The monoisotopic (exact) mass is 253 g/mol. The van der Waals surface area contributed by atoms with Crippen molar-refractivity contribution < 1.29 is 8.78 Å². The molecule has 1 aromatic rings. The summed E-state index contributed by atoms with van der Waals surface area (Å²) in [6, 6.07) is 4.02. The number of alkyl halides is 2. The first-order valence-electron chi connectivity index (χ1n) is 6.46. The Morgan fingerprint density at radius 1 is 1.22 bits per heavy atom. The van der Waals surface area contributed by atoms with Gasteiger partial charge in [-0.15, -0.1) is 0 Å². The minimum absolute atomic E-state index is 0.0622. The molecule has 3 nitrogen and oxygen atoms in total. The van der Waals surface area contributed by atoms with Crippen LogP contribution in [0.25, 0.3) is 0 Å². The van der Waals surface area contributed by atoms with Crippen LogP contribution in [0.1, 0.15) is 24.1 Å². The maximum atomic E-state index is 13.1. The lowest BCUT2D eigenvalue weighted by atomic mass is 10.1. The van der Waals surface area contributed by atoms with E-state index >= 15 is 0 Å². The number of pyridine rings is 1. The van der Waals surface area contributed by atoms with Gasteiger partial charge in [0.1, 0.15) is 5.82 Å². The van der Waals surface area contributed by atoms with Crippen LogP contribution in [0.5, 0.6) is 0 Å². The van der Waals surface area contributed by atoms with Gasteiger partial charge in [0.25, 0.3) is 5.92 Å². The van der Waals surface area contributed by atoms with Gasteiger partial charge in [-0.2, -0.15) is 0 Å². The van der Waals surface area contributed by atoms with E-state index in [0.717, 1.165) is 31.0 Å². The van der Waals surface area contributed by atoms with E-state index in [1.165, 1.54) is 5.56 Å². The zero-order chi connectivity index (χ0) is 12.6. The molecule has 0 aromatic carbocycles. The number of nitrogens with one attached hydrogen (secondary N) is 1. The second kappa shape index (κ2) is 4.46. The predicted octanol–water partition coefficient (Wildman–Crippen LogP) is 1.96. The van der Waals surface area contributed by atoms with Crippen LogP contribution in [0.3, 0.4) is 0 Å². The van der Waals surface area contributed by atoms with Gasteiger partial charge in [-0.25, -0.2) is 13.8 Å². The van der Waals surface area contributed by atoms with Crippen molar-refractivity contribution in [2.75, 3.05) is 24.5 Å². The van der Waals surface area contributed by atoms with Gasteiger partial charge in [0.05, 0.1) is 0 Å². The molecule has 0 saturated carbocycles. The fraction of sp³-hybridized carbons (Fsp3) is 0.615. The highest BCUT2D eigenvalue weighted by molar-refractivity contribution is 5.43. The maximum Gasteiger partial charge on any atom is 0.251 e. The maximum absolute atomic E-state index is 13.1. The highest BCUT2D eigenvalue weighted by atomic mass is 19.3. The zero-order valence-corrected chi connectivity index (χ0v) is 10.3. The standard InChI is InChI=1S/C13H17F2N3/c14-13(15)4-7-18(8-5-13)12-2-1-10-9-16-6-3-11(10)17-12/h1-2,16H,3-9H2. The Morgan fingerprint density at radius 3 is 2.78 bits per heavy atom. The van der Waals surface area contributed by atoms with Crippen LogP contribution >= 0.6 is 0 Å². The summed E-state index contributed by atoms with van der Waals surface area (Å²) in [5, 5.41) is 3.30. The number of nitrogens with zero attached hydrogens (tertiary/aromatic N) is 2. The Bertz CT molecular complexity index is 438. The molecule has 2 aliphatic heterocycles. The summed E-state index contributed by atoms with van der Waals surface area (Å²) in [7, 11) is 0. The van der Waals surface area contributed by atoms with Gasteiger partial charge in [-0.05, 0) is 11.6 Å². The van der Waals surface area contributed by atoms with E-state index in [4.69, 9.17) is 0 Å². The zero-order valence-electron chi connectivity index (χ0n) is 10.3. The molecule has 2 aliphatic rings. The third-order valence-electron chi connectivity index (χ3n) is 3.73. The quantitative estimate of drug-likeness (QED) is 0.829. The summed E-state index contributed by atoms with van der Waals surface area (Å²) in [6.45, 7) is 2.61. The molecule has 18 heavy (non-hydrogen) atoms. The Kier molecular flexibility index (Phi) is 2.93. The number of aromatic nitrogens is 1. The van der Waals surface area contributed by atoms with Gasteiger partial charge < -0.3 is 10.2 Å². The predicted molar refractivity (Wildman–Crippen MR) is 66.0 cm³/mol. The van der Waals surface area contributed by atoms with Crippen LogP contribution < -0.4 is 10.2 Å². The molecule has 0 bridgehead atoms. The molecule has 0 unspecified atom stereocenters. The summed E-state index contributed by atoms with van der Waals surface area (Å²) >= 11 is 0. The van der Waals surface area contributed by atoms with E-state index in [-0.39, 0.29) is 12.8 Å². The fourth-order valence-electron chi connectivity index (χ4n) is 2.57. The van der Waals surface area contributed by atoms with Crippen molar-refractivity contribution in [3.8, 4) is 0 Å². The molecule has 0 amide bonds. The van der Waals surface area contributed by atoms with Crippen molar-refractivity contribution in [3.63, 3.8) is 0 Å². The SMILES string of the molecule is FC1(F)CCN(c2ccc3c(n2)CCNC3)CC1. The van der Waals surface area contributed by atoms with Crippen LogP contribution in [0.15, 0.2) is 12.1 Å². The summed E-state index contributed by atoms with van der Waals surface area (Å²) in [6.07, 6.45) is 0.799. The molecule has 98 valence electrons. The number of rotatable bonds is 1. The first kappa shape index (κ1) is 11.8. The Balaban J connectivity index is 1.77. The van der Waals surface area contributed by atoms with Crippen molar-refractivity contribution in [1.82, 2.24) is 10.3 Å². The van der Waals surface area contributed by atoms with Crippen molar-refractivity contribution >= 4 is 5.82 Å². The molecule has 1 aromatic heterocycles.